The third kappa shape index (κ3) is 2.62. The maximum Gasteiger partial charge on any atom is 0.186 e. The minimum atomic E-state index is 0.118. The van der Waals surface area contributed by atoms with Crippen LogP contribution in [-0.2, 0) is 11.3 Å². The number of nitrogens with zero attached hydrogens (tertiary/aromatic N) is 5. The summed E-state index contributed by atoms with van der Waals surface area (Å²) in [6, 6.07) is 8.25. The minimum Gasteiger partial charge on any atom is -0.373 e. The monoisotopic (exact) mass is 301 g/mol. The first-order chi connectivity index (χ1) is 10.4. The number of hydrogen-bond donors (Lipinski definition) is 0. The van der Waals surface area contributed by atoms with Gasteiger partial charge in [-0.25, -0.2) is 9.97 Å². The van der Waals surface area contributed by atoms with Crippen LogP contribution in [0.2, 0.25) is 0 Å². The Kier molecular flexibility index (Phi) is 3.28. The molecule has 2 aromatic heterocycles. The van der Waals surface area contributed by atoms with Gasteiger partial charge in [-0.1, -0.05) is 23.5 Å². The van der Waals surface area contributed by atoms with E-state index in [0.29, 0.717) is 0 Å². The second kappa shape index (κ2) is 5.42. The summed E-state index contributed by atoms with van der Waals surface area (Å²) in [7, 11) is 0. The molecule has 0 bridgehead atoms. The normalized spacial score (nSPS) is 19.2. The van der Waals surface area contributed by atoms with Crippen molar-refractivity contribution < 1.29 is 4.74 Å². The molecule has 3 aromatic rings. The van der Waals surface area contributed by atoms with Crippen molar-refractivity contribution in [3.05, 3.63) is 36.9 Å². The fraction of sp³-hybridized carbons (Fsp3) is 0.357. The molecule has 0 saturated carbocycles. The van der Waals surface area contributed by atoms with Gasteiger partial charge in [0.2, 0.25) is 0 Å². The Hall–Kier alpha value is -1.99. The number of fused-ring (bicyclic) bond motifs is 1. The standard InChI is InChI=1S/C14H15N5OS/c1-2-4-13-12(3-1)17-14(21-13)18-5-6-20-11(7-18)8-19-10-15-9-16-19/h1-4,9-11H,5-8H2/t11-/m0/s1. The Morgan fingerprint density at radius 3 is 3.14 bits per heavy atom. The lowest BCUT2D eigenvalue weighted by Gasteiger charge is -2.32. The highest BCUT2D eigenvalue weighted by Gasteiger charge is 2.23. The van der Waals surface area contributed by atoms with Gasteiger partial charge in [0.1, 0.15) is 12.7 Å². The predicted octanol–water partition coefficient (Wildman–Crippen LogP) is 1.79. The molecule has 1 aliphatic heterocycles. The Bertz CT molecular complexity index is 693. The van der Waals surface area contributed by atoms with Crippen LogP contribution < -0.4 is 4.90 Å². The van der Waals surface area contributed by atoms with E-state index in [-0.39, 0.29) is 6.10 Å². The van der Waals surface area contributed by atoms with Crippen LogP contribution in [0.15, 0.2) is 36.9 Å². The maximum atomic E-state index is 5.82. The van der Waals surface area contributed by atoms with E-state index < -0.39 is 0 Å². The summed E-state index contributed by atoms with van der Waals surface area (Å²) in [5.41, 5.74) is 1.07. The van der Waals surface area contributed by atoms with E-state index in [0.717, 1.165) is 36.9 Å². The van der Waals surface area contributed by atoms with Gasteiger partial charge in [0, 0.05) is 13.1 Å². The first-order valence-corrected chi connectivity index (χ1v) is 7.75. The molecule has 108 valence electrons. The van der Waals surface area contributed by atoms with Crippen molar-refractivity contribution in [3.63, 3.8) is 0 Å². The van der Waals surface area contributed by atoms with Crippen LogP contribution in [-0.4, -0.2) is 45.5 Å². The van der Waals surface area contributed by atoms with Gasteiger partial charge in [-0.05, 0) is 12.1 Å². The molecule has 1 fully saturated rings. The Morgan fingerprint density at radius 2 is 2.29 bits per heavy atom. The fourth-order valence-electron chi connectivity index (χ4n) is 2.53. The van der Waals surface area contributed by atoms with Crippen LogP contribution >= 0.6 is 11.3 Å². The lowest BCUT2D eigenvalue weighted by molar-refractivity contribution is 0.0273. The molecule has 0 N–H and O–H groups in total. The third-order valence-electron chi connectivity index (χ3n) is 3.55. The summed E-state index contributed by atoms with van der Waals surface area (Å²) in [4.78, 5) is 11.0. The van der Waals surface area contributed by atoms with E-state index in [1.807, 2.05) is 10.7 Å². The average Bonchev–Trinajstić information content (AvgIpc) is 3.16. The average molecular weight is 301 g/mol. The zero-order valence-corrected chi connectivity index (χ0v) is 12.2. The molecule has 6 nitrogen and oxygen atoms in total. The molecule has 0 amide bonds. The van der Waals surface area contributed by atoms with E-state index in [2.05, 4.69) is 33.2 Å². The van der Waals surface area contributed by atoms with Gasteiger partial charge in [-0.3, -0.25) is 4.68 Å². The number of morpholine rings is 1. The Labute approximate surface area is 126 Å². The van der Waals surface area contributed by atoms with Crippen molar-refractivity contribution in [2.75, 3.05) is 24.6 Å². The van der Waals surface area contributed by atoms with Gasteiger partial charge < -0.3 is 9.64 Å². The number of para-hydroxylation sites is 1. The molecule has 0 radical (unpaired) electrons. The highest BCUT2D eigenvalue weighted by Crippen LogP contribution is 2.29. The molecular weight excluding hydrogens is 286 g/mol. The van der Waals surface area contributed by atoms with Crippen molar-refractivity contribution >= 4 is 26.7 Å². The number of benzene rings is 1. The first kappa shape index (κ1) is 12.7. The van der Waals surface area contributed by atoms with Crippen LogP contribution in [0.3, 0.4) is 0 Å². The first-order valence-electron chi connectivity index (χ1n) is 6.93. The molecular formula is C14H15N5OS. The summed E-state index contributed by atoms with van der Waals surface area (Å²) in [5, 5.41) is 5.21. The van der Waals surface area contributed by atoms with E-state index in [9.17, 15) is 0 Å². The van der Waals surface area contributed by atoms with Gasteiger partial charge in [0.05, 0.1) is 29.5 Å². The fourth-order valence-corrected chi connectivity index (χ4v) is 3.53. The second-order valence-corrected chi connectivity index (χ2v) is 6.03. The highest BCUT2D eigenvalue weighted by atomic mass is 32.1. The van der Waals surface area contributed by atoms with Crippen molar-refractivity contribution in [2.45, 2.75) is 12.6 Å². The van der Waals surface area contributed by atoms with E-state index in [4.69, 9.17) is 9.72 Å². The molecule has 21 heavy (non-hydrogen) atoms. The quantitative estimate of drug-likeness (QED) is 0.738. The van der Waals surface area contributed by atoms with Gasteiger partial charge in [-0.2, -0.15) is 5.10 Å². The molecule has 1 aromatic carbocycles. The van der Waals surface area contributed by atoms with Crippen LogP contribution in [0.5, 0.6) is 0 Å². The SMILES string of the molecule is c1ccc2sc(N3CCO[C@H](Cn4cncn4)C3)nc2c1. The summed E-state index contributed by atoms with van der Waals surface area (Å²) >= 11 is 1.74. The summed E-state index contributed by atoms with van der Waals surface area (Å²) in [6.07, 6.45) is 3.39. The predicted molar refractivity (Wildman–Crippen MR) is 81.6 cm³/mol. The minimum absolute atomic E-state index is 0.118. The molecule has 1 aliphatic rings. The lowest BCUT2D eigenvalue weighted by Crippen LogP contribution is -2.44. The van der Waals surface area contributed by atoms with Crippen LogP contribution in [0, 0.1) is 0 Å². The molecule has 4 rings (SSSR count). The van der Waals surface area contributed by atoms with Crippen molar-refractivity contribution in [1.29, 1.82) is 0 Å². The van der Waals surface area contributed by atoms with Gasteiger partial charge in [0.15, 0.2) is 5.13 Å². The molecule has 0 spiro atoms. The van der Waals surface area contributed by atoms with Crippen LogP contribution in [0.4, 0.5) is 5.13 Å². The largest absolute Gasteiger partial charge is 0.373 e. The van der Waals surface area contributed by atoms with Gasteiger partial charge in [0.25, 0.3) is 0 Å². The summed E-state index contributed by atoms with van der Waals surface area (Å²) < 4.78 is 8.86. The number of aromatic nitrogens is 4. The molecule has 3 heterocycles. The topological polar surface area (TPSA) is 56.1 Å². The second-order valence-electron chi connectivity index (χ2n) is 5.02. The van der Waals surface area contributed by atoms with Gasteiger partial charge >= 0.3 is 0 Å². The van der Waals surface area contributed by atoms with Gasteiger partial charge in [-0.15, -0.1) is 0 Å². The smallest absolute Gasteiger partial charge is 0.186 e. The van der Waals surface area contributed by atoms with Crippen LogP contribution in [0.1, 0.15) is 0 Å². The number of hydrogen-bond acceptors (Lipinski definition) is 6. The van der Waals surface area contributed by atoms with Crippen LogP contribution in [0.25, 0.3) is 10.2 Å². The Balaban J connectivity index is 1.52. The van der Waals surface area contributed by atoms with E-state index in [1.54, 1.807) is 24.0 Å². The lowest BCUT2D eigenvalue weighted by atomic mass is 10.3. The maximum absolute atomic E-state index is 5.82. The molecule has 1 atom stereocenters. The third-order valence-corrected chi connectivity index (χ3v) is 4.65. The number of thiazole rings is 1. The number of rotatable bonds is 3. The highest BCUT2D eigenvalue weighted by molar-refractivity contribution is 7.22. The van der Waals surface area contributed by atoms with E-state index >= 15 is 0 Å². The molecule has 1 saturated heterocycles. The molecule has 7 heteroatoms. The number of anilines is 1. The van der Waals surface area contributed by atoms with E-state index in [1.165, 1.54) is 4.70 Å². The molecule has 0 unspecified atom stereocenters. The van der Waals surface area contributed by atoms with Crippen molar-refractivity contribution in [2.24, 2.45) is 0 Å². The summed E-state index contributed by atoms with van der Waals surface area (Å²) in [6.45, 7) is 3.16. The van der Waals surface area contributed by atoms with Crippen molar-refractivity contribution in [3.8, 4) is 0 Å². The Morgan fingerprint density at radius 1 is 1.33 bits per heavy atom. The summed E-state index contributed by atoms with van der Waals surface area (Å²) in [5.74, 6) is 0. The zero-order chi connectivity index (χ0) is 14.1. The number of ether oxygens (including phenoxy) is 1. The zero-order valence-electron chi connectivity index (χ0n) is 11.4. The van der Waals surface area contributed by atoms with Crippen molar-refractivity contribution in [1.82, 2.24) is 19.7 Å². The molecule has 0 aliphatic carbocycles.